The third kappa shape index (κ3) is 4.96. The zero-order valence-corrected chi connectivity index (χ0v) is 19.7. The second-order valence-corrected chi connectivity index (χ2v) is 8.56. The fourth-order valence-electron chi connectivity index (χ4n) is 4.16. The molecule has 4 aromatic rings. The van der Waals surface area contributed by atoms with Crippen LogP contribution in [0.15, 0.2) is 59.8 Å². The average molecular weight is 471 g/mol. The maximum absolute atomic E-state index is 12.9. The van der Waals surface area contributed by atoms with Gasteiger partial charge < -0.3 is 15.1 Å². The van der Waals surface area contributed by atoms with Gasteiger partial charge in [-0.15, -0.1) is 0 Å². The number of amides is 1. The Morgan fingerprint density at radius 2 is 1.77 bits per heavy atom. The lowest BCUT2D eigenvalue weighted by molar-refractivity contribution is -0.132. The van der Waals surface area contributed by atoms with Crippen molar-refractivity contribution < 1.29 is 4.79 Å². The van der Waals surface area contributed by atoms with E-state index in [2.05, 4.69) is 30.2 Å². The van der Waals surface area contributed by atoms with Crippen LogP contribution < -0.4 is 15.8 Å². The first-order valence-electron chi connectivity index (χ1n) is 11.5. The summed E-state index contributed by atoms with van der Waals surface area (Å²) >= 11 is 0. The van der Waals surface area contributed by atoms with Gasteiger partial charge in [-0.1, -0.05) is 12.1 Å². The summed E-state index contributed by atoms with van der Waals surface area (Å²) in [6, 6.07) is 12.9. The fraction of sp³-hybridized carbons (Fsp3) is 0.280. The summed E-state index contributed by atoms with van der Waals surface area (Å²) in [4.78, 5) is 47.3. The molecule has 1 fully saturated rings. The molecule has 1 saturated heterocycles. The lowest BCUT2D eigenvalue weighted by Crippen LogP contribution is -2.50. The first kappa shape index (κ1) is 22.5. The first-order chi connectivity index (χ1) is 17.0. The van der Waals surface area contributed by atoms with Crippen LogP contribution in [0.25, 0.3) is 10.9 Å². The number of nitrogens with zero attached hydrogens (tertiary/aromatic N) is 7. The minimum atomic E-state index is -0.206. The zero-order valence-electron chi connectivity index (χ0n) is 19.7. The van der Waals surface area contributed by atoms with Crippen LogP contribution in [0.1, 0.15) is 11.4 Å². The van der Waals surface area contributed by atoms with Crippen molar-refractivity contribution in [2.24, 2.45) is 0 Å². The van der Waals surface area contributed by atoms with Crippen LogP contribution in [-0.4, -0.2) is 61.5 Å². The van der Waals surface area contributed by atoms with Gasteiger partial charge in [-0.25, -0.2) is 19.9 Å². The minimum absolute atomic E-state index is 0.0269. The van der Waals surface area contributed by atoms with E-state index in [0.717, 1.165) is 17.2 Å². The second-order valence-electron chi connectivity index (χ2n) is 8.56. The summed E-state index contributed by atoms with van der Waals surface area (Å²) < 4.78 is 1.38. The Morgan fingerprint density at radius 3 is 2.57 bits per heavy atom. The molecule has 0 spiro atoms. The quantitative estimate of drug-likeness (QED) is 0.473. The van der Waals surface area contributed by atoms with Crippen LogP contribution in [0.5, 0.6) is 0 Å². The maximum Gasteiger partial charge on any atom is 0.261 e. The van der Waals surface area contributed by atoms with Crippen LogP contribution in [0.4, 0.5) is 17.5 Å². The fourth-order valence-corrected chi connectivity index (χ4v) is 4.16. The van der Waals surface area contributed by atoms with E-state index in [0.29, 0.717) is 48.7 Å². The summed E-state index contributed by atoms with van der Waals surface area (Å²) in [5, 5.41) is 3.76. The minimum Gasteiger partial charge on any atom is -0.353 e. The zero-order chi connectivity index (χ0) is 24.4. The molecule has 10 heteroatoms. The molecule has 178 valence electrons. The van der Waals surface area contributed by atoms with Gasteiger partial charge in [0.05, 0.1) is 17.2 Å². The largest absolute Gasteiger partial charge is 0.353 e. The van der Waals surface area contributed by atoms with Crippen LogP contribution >= 0.6 is 0 Å². The van der Waals surface area contributed by atoms with Crippen molar-refractivity contribution in [2.45, 2.75) is 20.4 Å². The highest BCUT2D eigenvalue weighted by molar-refractivity contribution is 5.79. The van der Waals surface area contributed by atoms with E-state index in [1.54, 1.807) is 29.3 Å². The molecule has 10 nitrogen and oxygen atoms in total. The first-order valence-corrected chi connectivity index (χ1v) is 11.5. The predicted molar refractivity (Wildman–Crippen MR) is 134 cm³/mol. The lowest BCUT2D eigenvalue weighted by atomic mass is 10.2. The van der Waals surface area contributed by atoms with E-state index in [4.69, 9.17) is 0 Å². The van der Waals surface area contributed by atoms with Crippen molar-refractivity contribution in [1.82, 2.24) is 29.4 Å². The molecule has 0 bridgehead atoms. The average Bonchev–Trinajstić information content (AvgIpc) is 2.85. The standard InChI is InChI=1S/C25H26N8O2/c1-17-7-8-26-21(13-17)30-22-14-23(29-18(2)28-22)31-9-11-32(12-10-31)24(34)15-33-16-27-20-6-4-3-5-19(20)25(33)35/h3-8,13-14,16H,9-12,15H2,1-2H3,(H,26,28,29,30). The van der Waals surface area contributed by atoms with E-state index < -0.39 is 0 Å². The molecule has 0 aliphatic carbocycles. The van der Waals surface area contributed by atoms with Crippen molar-refractivity contribution in [3.05, 3.63) is 76.7 Å². The maximum atomic E-state index is 12.9. The van der Waals surface area contributed by atoms with Crippen molar-refractivity contribution in [1.29, 1.82) is 0 Å². The molecule has 1 aliphatic heterocycles. The Hall–Kier alpha value is -4.34. The summed E-state index contributed by atoms with van der Waals surface area (Å²) in [7, 11) is 0. The van der Waals surface area contributed by atoms with Gasteiger partial charge in [0, 0.05) is 38.4 Å². The summed E-state index contributed by atoms with van der Waals surface area (Å²) in [5.74, 6) is 2.75. The molecule has 1 amide bonds. The summed E-state index contributed by atoms with van der Waals surface area (Å²) in [6.07, 6.45) is 3.20. The van der Waals surface area contributed by atoms with Crippen LogP contribution in [0.2, 0.25) is 0 Å². The second kappa shape index (κ2) is 9.49. The topological polar surface area (TPSA) is 109 Å². The highest BCUT2D eigenvalue weighted by atomic mass is 16.2. The highest BCUT2D eigenvalue weighted by Crippen LogP contribution is 2.20. The van der Waals surface area contributed by atoms with Gasteiger partial charge in [0.15, 0.2) is 0 Å². The number of pyridine rings is 1. The Morgan fingerprint density at radius 1 is 0.971 bits per heavy atom. The van der Waals surface area contributed by atoms with Gasteiger partial charge in [-0.05, 0) is 43.7 Å². The third-order valence-corrected chi connectivity index (χ3v) is 5.99. The van der Waals surface area contributed by atoms with E-state index >= 15 is 0 Å². The van der Waals surface area contributed by atoms with Gasteiger partial charge in [0.2, 0.25) is 5.91 Å². The summed E-state index contributed by atoms with van der Waals surface area (Å²) in [6.45, 7) is 6.19. The molecule has 1 aliphatic rings. The summed E-state index contributed by atoms with van der Waals surface area (Å²) in [5.41, 5.74) is 1.53. The number of piperazine rings is 1. The van der Waals surface area contributed by atoms with E-state index in [1.807, 2.05) is 38.1 Å². The monoisotopic (exact) mass is 470 g/mol. The number of carbonyl (C=O) groups excluding carboxylic acids is 1. The smallest absolute Gasteiger partial charge is 0.261 e. The van der Waals surface area contributed by atoms with Crippen LogP contribution in [0, 0.1) is 13.8 Å². The third-order valence-electron chi connectivity index (χ3n) is 5.99. The van der Waals surface area contributed by atoms with Gasteiger partial charge in [0.25, 0.3) is 5.56 Å². The predicted octanol–water partition coefficient (Wildman–Crippen LogP) is 2.29. The van der Waals surface area contributed by atoms with E-state index in [-0.39, 0.29) is 18.0 Å². The molecular weight excluding hydrogens is 444 g/mol. The molecule has 4 heterocycles. The lowest BCUT2D eigenvalue weighted by Gasteiger charge is -2.35. The Balaban J connectivity index is 1.24. The number of para-hydroxylation sites is 1. The Bertz CT molecular complexity index is 1440. The number of hydrogen-bond acceptors (Lipinski definition) is 8. The van der Waals surface area contributed by atoms with Crippen molar-refractivity contribution in [3.63, 3.8) is 0 Å². The van der Waals surface area contributed by atoms with Gasteiger partial charge in [-0.3, -0.25) is 14.2 Å². The van der Waals surface area contributed by atoms with Gasteiger partial charge >= 0.3 is 0 Å². The van der Waals surface area contributed by atoms with Gasteiger partial charge in [0.1, 0.15) is 29.8 Å². The number of nitrogens with one attached hydrogen (secondary N) is 1. The van der Waals surface area contributed by atoms with Gasteiger partial charge in [-0.2, -0.15) is 0 Å². The molecule has 0 saturated carbocycles. The number of aryl methyl sites for hydroxylation is 2. The molecule has 0 unspecified atom stereocenters. The number of aromatic nitrogens is 5. The molecule has 3 aromatic heterocycles. The van der Waals surface area contributed by atoms with Crippen molar-refractivity contribution >= 4 is 34.3 Å². The van der Waals surface area contributed by atoms with Crippen LogP contribution in [0.3, 0.4) is 0 Å². The normalized spacial score (nSPS) is 13.8. The van der Waals surface area contributed by atoms with E-state index in [1.165, 1.54) is 10.9 Å². The molecule has 0 atom stereocenters. The Labute approximate surface area is 202 Å². The van der Waals surface area contributed by atoms with Crippen molar-refractivity contribution in [3.8, 4) is 0 Å². The number of carbonyl (C=O) groups is 1. The Kier molecular flexibility index (Phi) is 6.09. The van der Waals surface area contributed by atoms with Crippen molar-refractivity contribution in [2.75, 3.05) is 36.4 Å². The highest BCUT2D eigenvalue weighted by Gasteiger charge is 2.23. The SMILES string of the molecule is Cc1ccnc(Nc2cc(N3CCN(C(=O)Cn4cnc5ccccc5c4=O)CC3)nc(C)n2)c1. The molecular formula is C25H26N8O2. The number of anilines is 3. The molecule has 1 N–H and O–H groups in total. The number of fused-ring (bicyclic) bond motifs is 1. The number of hydrogen-bond donors (Lipinski definition) is 1. The number of benzene rings is 1. The molecule has 0 radical (unpaired) electrons. The molecule has 35 heavy (non-hydrogen) atoms. The molecule has 5 rings (SSSR count). The molecule has 1 aromatic carbocycles. The number of rotatable bonds is 5. The van der Waals surface area contributed by atoms with Crippen LogP contribution in [-0.2, 0) is 11.3 Å². The van der Waals surface area contributed by atoms with E-state index in [9.17, 15) is 9.59 Å².